The summed E-state index contributed by atoms with van der Waals surface area (Å²) in [4.78, 5) is 5.97. The minimum Gasteiger partial charge on any atom is -0.394 e. The summed E-state index contributed by atoms with van der Waals surface area (Å²) >= 11 is 2.76. The van der Waals surface area contributed by atoms with Crippen molar-refractivity contribution in [2.45, 2.75) is 19.0 Å². The zero-order valence-corrected chi connectivity index (χ0v) is 10.2. The fraction of sp³-hybridized carbons (Fsp3) is 0.667. The zero-order valence-electron chi connectivity index (χ0n) is 8.60. The van der Waals surface area contributed by atoms with E-state index in [0.717, 1.165) is 32.1 Å². The quantitative estimate of drug-likeness (QED) is 0.812. The molecule has 92 valence electrons. The Morgan fingerprint density at radius 2 is 1.94 bits per heavy atom. The fourth-order valence-electron chi connectivity index (χ4n) is 1.37. The molecule has 1 rings (SSSR count). The number of halogens is 4. The number of rotatable bonds is 3. The van der Waals surface area contributed by atoms with E-state index < -0.39 is 11.9 Å². The van der Waals surface area contributed by atoms with Crippen molar-refractivity contribution in [2.24, 2.45) is 10.7 Å². The minimum absolute atomic E-state index is 0.223. The molecule has 0 saturated carbocycles. The molecule has 0 spiro atoms. The third-order valence-corrected chi connectivity index (χ3v) is 2.88. The average molecular weight is 300 g/mol. The Morgan fingerprint density at radius 3 is 2.44 bits per heavy atom. The molecule has 1 aliphatic heterocycles. The van der Waals surface area contributed by atoms with Gasteiger partial charge in [0, 0.05) is 6.21 Å². The zero-order chi connectivity index (χ0) is 12.2. The van der Waals surface area contributed by atoms with Crippen molar-refractivity contribution in [1.29, 1.82) is 0 Å². The maximum absolute atomic E-state index is 12.1. The van der Waals surface area contributed by atoms with E-state index in [1.807, 2.05) is 0 Å². The number of hydrogen-bond acceptors (Lipinski definition) is 3. The smallest absolute Gasteiger partial charge is 0.394 e. The lowest BCUT2D eigenvalue weighted by Gasteiger charge is -2.10. The molecule has 0 radical (unpaired) electrons. The second-order valence-electron chi connectivity index (χ2n) is 3.54. The second-order valence-corrected chi connectivity index (χ2v) is 4.39. The summed E-state index contributed by atoms with van der Waals surface area (Å²) in [7, 11) is 0. The van der Waals surface area contributed by atoms with Crippen LogP contribution in [0.3, 0.4) is 0 Å². The Morgan fingerprint density at radius 1 is 1.38 bits per heavy atom. The number of alkyl halides is 3. The van der Waals surface area contributed by atoms with E-state index in [1.165, 1.54) is 0 Å². The molecule has 1 fully saturated rings. The highest BCUT2D eigenvalue weighted by Gasteiger charge is 2.33. The number of nitrogens with zero attached hydrogens (tertiary/aromatic N) is 2. The van der Waals surface area contributed by atoms with E-state index in [-0.39, 0.29) is 4.48 Å². The van der Waals surface area contributed by atoms with Crippen molar-refractivity contribution in [3.05, 3.63) is 10.2 Å². The van der Waals surface area contributed by atoms with Gasteiger partial charge in [-0.15, -0.1) is 0 Å². The summed E-state index contributed by atoms with van der Waals surface area (Å²) in [5, 5.41) is 0. The average Bonchev–Trinajstić information content (AvgIpc) is 2.67. The first-order valence-corrected chi connectivity index (χ1v) is 5.65. The van der Waals surface area contributed by atoms with Gasteiger partial charge in [-0.05, 0) is 41.9 Å². The lowest BCUT2D eigenvalue weighted by molar-refractivity contribution is -0.0926. The van der Waals surface area contributed by atoms with Gasteiger partial charge in [-0.2, -0.15) is 13.2 Å². The van der Waals surface area contributed by atoms with Crippen LogP contribution < -0.4 is 5.73 Å². The number of allylic oxidation sites excluding steroid dienone is 2. The highest BCUT2D eigenvalue weighted by molar-refractivity contribution is 9.12. The Hall–Kier alpha value is -0.560. The second kappa shape index (κ2) is 5.67. The van der Waals surface area contributed by atoms with Gasteiger partial charge in [0.05, 0.1) is 11.2 Å². The van der Waals surface area contributed by atoms with Crippen molar-refractivity contribution in [3.8, 4) is 0 Å². The van der Waals surface area contributed by atoms with Crippen molar-refractivity contribution >= 4 is 22.1 Å². The van der Waals surface area contributed by atoms with Gasteiger partial charge in [0.15, 0.2) is 0 Å². The molecule has 0 aromatic rings. The van der Waals surface area contributed by atoms with Crippen LogP contribution in [0.4, 0.5) is 13.2 Å². The number of aliphatic imine (C=N–C) groups is 1. The van der Waals surface area contributed by atoms with Crippen LogP contribution in [0.2, 0.25) is 0 Å². The van der Waals surface area contributed by atoms with Crippen LogP contribution in [0, 0.1) is 0 Å². The van der Waals surface area contributed by atoms with Crippen LogP contribution in [0.25, 0.3) is 0 Å². The molecule has 3 nitrogen and oxygen atoms in total. The van der Waals surface area contributed by atoms with E-state index in [0.29, 0.717) is 6.67 Å². The Kier molecular flexibility index (Phi) is 4.79. The van der Waals surface area contributed by atoms with Gasteiger partial charge in [0.25, 0.3) is 0 Å². The van der Waals surface area contributed by atoms with Crippen molar-refractivity contribution in [2.75, 3.05) is 19.8 Å². The molecule has 0 atom stereocenters. The number of hydrogen-bond donors (Lipinski definition) is 1. The molecule has 0 aromatic carbocycles. The molecule has 0 unspecified atom stereocenters. The summed E-state index contributed by atoms with van der Waals surface area (Å²) in [6.45, 7) is 2.32. The summed E-state index contributed by atoms with van der Waals surface area (Å²) in [5.74, 6) is 0. The van der Waals surface area contributed by atoms with Crippen LogP contribution in [-0.4, -0.2) is 37.0 Å². The molecule has 1 aliphatic rings. The third kappa shape index (κ3) is 4.13. The highest BCUT2D eigenvalue weighted by Crippen LogP contribution is 2.25. The maximum Gasteiger partial charge on any atom is 0.431 e. The molecule has 0 bridgehead atoms. The molecule has 16 heavy (non-hydrogen) atoms. The van der Waals surface area contributed by atoms with Crippen molar-refractivity contribution < 1.29 is 13.2 Å². The van der Waals surface area contributed by atoms with Crippen LogP contribution >= 0.6 is 15.9 Å². The molecule has 0 aliphatic carbocycles. The van der Waals surface area contributed by atoms with Gasteiger partial charge < -0.3 is 5.73 Å². The molecule has 2 N–H and O–H groups in total. The van der Waals surface area contributed by atoms with Crippen LogP contribution in [-0.2, 0) is 0 Å². The van der Waals surface area contributed by atoms with Gasteiger partial charge in [-0.25, -0.2) is 0 Å². The normalized spacial score (nSPS) is 20.5. The third-order valence-electron chi connectivity index (χ3n) is 2.25. The lowest BCUT2D eigenvalue weighted by Crippen LogP contribution is -2.21. The van der Waals surface area contributed by atoms with E-state index in [4.69, 9.17) is 5.73 Å². The van der Waals surface area contributed by atoms with E-state index >= 15 is 0 Å². The van der Waals surface area contributed by atoms with Gasteiger partial charge in [0.2, 0.25) is 0 Å². The predicted molar refractivity (Wildman–Crippen MR) is 60.4 cm³/mol. The van der Waals surface area contributed by atoms with Crippen LogP contribution in [0.15, 0.2) is 15.2 Å². The van der Waals surface area contributed by atoms with Gasteiger partial charge in [-0.1, -0.05) is 0 Å². The topological polar surface area (TPSA) is 41.6 Å². The van der Waals surface area contributed by atoms with Gasteiger partial charge in [0.1, 0.15) is 5.70 Å². The molecule has 0 amide bonds. The highest BCUT2D eigenvalue weighted by atomic mass is 79.9. The maximum atomic E-state index is 12.1. The fourth-order valence-corrected chi connectivity index (χ4v) is 1.74. The number of likely N-dealkylation sites (tertiary alicyclic amines) is 1. The molecule has 1 saturated heterocycles. The van der Waals surface area contributed by atoms with Gasteiger partial charge in [-0.3, -0.25) is 9.89 Å². The summed E-state index contributed by atoms with van der Waals surface area (Å²) < 4.78 is 36.2. The lowest BCUT2D eigenvalue weighted by atomic mass is 10.4. The Balaban J connectivity index is 2.49. The molecular weight excluding hydrogens is 287 g/mol. The molecule has 1 heterocycles. The van der Waals surface area contributed by atoms with Crippen LogP contribution in [0.1, 0.15) is 12.8 Å². The summed E-state index contributed by atoms with van der Waals surface area (Å²) in [6, 6.07) is 0. The van der Waals surface area contributed by atoms with E-state index in [1.54, 1.807) is 0 Å². The molecule has 0 aromatic heterocycles. The van der Waals surface area contributed by atoms with Crippen molar-refractivity contribution in [3.63, 3.8) is 0 Å². The van der Waals surface area contributed by atoms with E-state index in [2.05, 4.69) is 25.8 Å². The largest absolute Gasteiger partial charge is 0.431 e. The Bertz CT molecular complexity index is 293. The first kappa shape index (κ1) is 13.5. The predicted octanol–water partition coefficient (Wildman–Crippen LogP) is 2.24. The summed E-state index contributed by atoms with van der Waals surface area (Å²) in [5.41, 5.74) is 3.74. The first-order valence-electron chi connectivity index (χ1n) is 4.86. The van der Waals surface area contributed by atoms with Crippen molar-refractivity contribution in [1.82, 2.24) is 4.90 Å². The number of nitrogens with two attached hydrogens (primary N) is 1. The van der Waals surface area contributed by atoms with Crippen LogP contribution in [0.5, 0.6) is 0 Å². The summed E-state index contributed by atoms with van der Waals surface area (Å²) in [6.07, 6.45) is -1.16. The first-order chi connectivity index (χ1) is 7.41. The standard InChI is InChI=1S/C9H13BrF3N3/c10-7(8(14)9(11,12)13)5-15-6-16-3-1-2-4-16/h5H,1-4,6,14H2. The molecular formula is C9H13BrF3N3. The minimum atomic E-state index is -4.52. The Labute approximate surface area is 100 Å². The molecule has 7 heteroatoms. The van der Waals surface area contributed by atoms with E-state index in [9.17, 15) is 13.2 Å². The monoisotopic (exact) mass is 299 g/mol. The van der Waals surface area contributed by atoms with Gasteiger partial charge >= 0.3 is 6.18 Å². The SMILES string of the molecule is NC(=C(Br)C=NCN1CCCC1)C(F)(F)F.